The number of carboxylic acid groups (broad SMARTS) is 1. The van der Waals surface area contributed by atoms with Crippen molar-refractivity contribution >= 4 is 29.4 Å². The van der Waals surface area contributed by atoms with Crippen molar-refractivity contribution in [2.24, 2.45) is 0 Å². The fourth-order valence-electron chi connectivity index (χ4n) is 4.73. The Morgan fingerprint density at radius 3 is 2.52 bits per heavy atom. The van der Waals surface area contributed by atoms with Crippen molar-refractivity contribution in [1.82, 2.24) is 30.0 Å². The van der Waals surface area contributed by atoms with E-state index in [0.717, 1.165) is 6.07 Å². The molecular weight excluding hydrogens is 581 g/mol. The van der Waals surface area contributed by atoms with Crippen LogP contribution < -0.4 is 5.32 Å². The highest BCUT2D eigenvalue weighted by Gasteiger charge is 2.37. The Hall–Kier alpha value is -4.04. The van der Waals surface area contributed by atoms with Crippen LogP contribution in [0.5, 0.6) is 0 Å². The quantitative estimate of drug-likeness (QED) is 0.358. The smallest absolute Gasteiger partial charge is 0.417 e. The predicted molar refractivity (Wildman–Crippen MR) is 143 cm³/mol. The second-order valence-electron chi connectivity index (χ2n) is 10.00. The first-order valence-electron chi connectivity index (χ1n) is 12.9. The van der Waals surface area contributed by atoms with E-state index >= 15 is 0 Å². The number of methoxy groups -OCH3 is 1. The highest BCUT2D eigenvalue weighted by atomic mass is 35.5. The van der Waals surface area contributed by atoms with Gasteiger partial charge in [0.25, 0.3) is 5.91 Å². The molecule has 1 aromatic carbocycles. The maximum Gasteiger partial charge on any atom is 0.417 e. The third-order valence-corrected chi connectivity index (χ3v) is 7.40. The predicted octanol–water partition coefficient (Wildman–Crippen LogP) is 4.33. The highest BCUT2D eigenvalue weighted by Crippen LogP contribution is 2.36. The van der Waals surface area contributed by atoms with Crippen LogP contribution >= 0.6 is 11.6 Å². The van der Waals surface area contributed by atoms with Gasteiger partial charge in [0, 0.05) is 36.2 Å². The van der Waals surface area contributed by atoms with Crippen LogP contribution in [0.25, 0.3) is 0 Å². The first-order valence-corrected chi connectivity index (χ1v) is 13.3. The number of esters is 1. The third-order valence-electron chi connectivity index (χ3n) is 7.07. The van der Waals surface area contributed by atoms with Gasteiger partial charge in [-0.05, 0) is 39.0 Å². The van der Waals surface area contributed by atoms with Gasteiger partial charge in [0.15, 0.2) is 11.4 Å². The standard InChI is InChI=1S/C27H28ClF3N6O5/c1-13-7-20-17(12-36(13)24(38)16-5-6-19(28)18(8-16)27(29,30)31)23(25(39)40)37(35-20)14(2)9-32-15(3)21-10-34-22(11-33-21)26(41)42-4/h5-6,8,10-11,13-15,32H,7,9,12H2,1-4H3,(H,39,40)/t13-,14-,15?/m1/s1. The van der Waals surface area contributed by atoms with Crippen LogP contribution in [0.3, 0.4) is 0 Å². The van der Waals surface area contributed by atoms with Crippen molar-refractivity contribution in [3.8, 4) is 0 Å². The lowest BCUT2D eigenvalue weighted by Crippen LogP contribution is -2.43. The summed E-state index contributed by atoms with van der Waals surface area (Å²) >= 11 is 5.71. The second-order valence-corrected chi connectivity index (χ2v) is 10.4. The normalized spacial score (nSPS) is 16.5. The van der Waals surface area contributed by atoms with E-state index in [4.69, 9.17) is 11.6 Å². The third kappa shape index (κ3) is 6.23. The number of aromatic carboxylic acids is 1. The van der Waals surface area contributed by atoms with Crippen LogP contribution in [0.15, 0.2) is 30.6 Å². The molecule has 224 valence electrons. The number of carbonyl (C=O) groups is 3. The van der Waals surface area contributed by atoms with Crippen LogP contribution in [0.4, 0.5) is 13.2 Å². The number of alkyl halides is 3. The maximum absolute atomic E-state index is 13.4. The number of halogens is 4. The number of hydrogen-bond donors (Lipinski definition) is 2. The number of nitrogens with one attached hydrogen (secondary N) is 1. The van der Waals surface area contributed by atoms with Crippen molar-refractivity contribution in [2.75, 3.05) is 13.7 Å². The van der Waals surface area contributed by atoms with Crippen molar-refractivity contribution in [3.63, 3.8) is 0 Å². The summed E-state index contributed by atoms with van der Waals surface area (Å²) < 4.78 is 46.1. The molecule has 0 bridgehead atoms. The van der Waals surface area contributed by atoms with Gasteiger partial charge in [-0.3, -0.25) is 14.5 Å². The summed E-state index contributed by atoms with van der Waals surface area (Å²) in [5.74, 6) is -2.54. The van der Waals surface area contributed by atoms with Crippen LogP contribution in [0, 0.1) is 0 Å². The van der Waals surface area contributed by atoms with Gasteiger partial charge < -0.3 is 20.1 Å². The molecule has 0 saturated heterocycles. The van der Waals surface area contributed by atoms with Crippen molar-refractivity contribution in [3.05, 3.63) is 75.1 Å². The SMILES string of the molecule is COC(=O)c1cnc(C(C)NC[C@@H](C)n2nc3c(c2C(=O)O)CN(C(=O)c2ccc(Cl)c(C(F)(F)F)c2)[C@H](C)C3)cn1. The van der Waals surface area contributed by atoms with Gasteiger partial charge in [0.1, 0.15) is 0 Å². The lowest BCUT2D eigenvalue weighted by atomic mass is 9.98. The number of benzene rings is 1. The van der Waals surface area contributed by atoms with E-state index in [1.54, 1.807) is 13.8 Å². The Balaban J connectivity index is 1.53. The number of carbonyl (C=O) groups excluding carboxylic acids is 2. The number of nitrogens with zero attached hydrogens (tertiary/aromatic N) is 5. The Morgan fingerprint density at radius 2 is 1.93 bits per heavy atom. The Morgan fingerprint density at radius 1 is 1.21 bits per heavy atom. The molecule has 1 aliphatic rings. The summed E-state index contributed by atoms with van der Waals surface area (Å²) in [5, 5.41) is 17.4. The van der Waals surface area contributed by atoms with Crippen molar-refractivity contribution in [2.45, 2.75) is 58.0 Å². The molecule has 1 unspecified atom stereocenters. The molecule has 3 aromatic rings. The Bertz CT molecular complexity index is 1510. The summed E-state index contributed by atoms with van der Waals surface area (Å²) in [6.45, 7) is 5.47. The maximum atomic E-state index is 13.4. The van der Waals surface area contributed by atoms with E-state index in [1.165, 1.54) is 35.2 Å². The number of aromatic nitrogens is 4. The molecule has 0 aliphatic carbocycles. The lowest BCUT2D eigenvalue weighted by molar-refractivity contribution is -0.137. The average Bonchev–Trinajstić information content (AvgIpc) is 3.32. The van der Waals surface area contributed by atoms with E-state index in [1.807, 2.05) is 6.92 Å². The van der Waals surface area contributed by atoms with Gasteiger partial charge in [-0.2, -0.15) is 18.3 Å². The van der Waals surface area contributed by atoms with Gasteiger partial charge >= 0.3 is 18.1 Å². The highest BCUT2D eigenvalue weighted by molar-refractivity contribution is 6.31. The molecule has 1 amide bonds. The number of fused-ring (bicyclic) bond motifs is 1. The molecular formula is C27H28ClF3N6O5. The molecule has 0 spiro atoms. The van der Waals surface area contributed by atoms with Crippen LogP contribution in [0.1, 0.15) is 86.7 Å². The average molecular weight is 609 g/mol. The van der Waals surface area contributed by atoms with Gasteiger partial charge in [-0.25, -0.2) is 14.6 Å². The molecule has 1 aliphatic heterocycles. The van der Waals surface area contributed by atoms with Crippen LogP contribution in [0.2, 0.25) is 5.02 Å². The van der Waals surface area contributed by atoms with Crippen molar-refractivity contribution < 1.29 is 37.4 Å². The number of ether oxygens (including phenoxy) is 1. The Kier molecular flexibility index (Phi) is 8.87. The number of hydrogen-bond acceptors (Lipinski definition) is 8. The van der Waals surface area contributed by atoms with Crippen LogP contribution in [-0.2, 0) is 23.9 Å². The Labute approximate surface area is 243 Å². The molecule has 3 heterocycles. The topological polar surface area (TPSA) is 140 Å². The molecule has 0 saturated carbocycles. The van der Waals surface area contributed by atoms with E-state index in [9.17, 15) is 32.7 Å². The molecule has 2 N–H and O–H groups in total. The molecule has 15 heteroatoms. The first-order chi connectivity index (χ1) is 19.7. The fourth-order valence-corrected chi connectivity index (χ4v) is 4.96. The minimum atomic E-state index is -4.74. The molecule has 4 rings (SSSR count). The molecule has 2 aromatic heterocycles. The van der Waals surface area contributed by atoms with Gasteiger partial charge in [0.2, 0.25) is 0 Å². The van der Waals surface area contributed by atoms with Gasteiger partial charge in [-0.1, -0.05) is 11.6 Å². The fraction of sp³-hybridized carbons (Fsp3) is 0.407. The number of rotatable bonds is 8. The number of amides is 1. The zero-order valence-electron chi connectivity index (χ0n) is 23.1. The van der Waals surface area contributed by atoms with Gasteiger partial charge in [-0.15, -0.1) is 0 Å². The molecule has 11 nitrogen and oxygen atoms in total. The van der Waals surface area contributed by atoms with E-state index in [-0.39, 0.29) is 42.5 Å². The van der Waals surface area contributed by atoms with E-state index < -0.39 is 46.7 Å². The first kappa shape index (κ1) is 30.9. The minimum absolute atomic E-state index is 0.0636. The van der Waals surface area contributed by atoms with E-state index in [0.29, 0.717) is 23.0 Å². The summed E-state index contributed by atoms with van der Waals surface area (Å²) in [6.07, 6.45) is -1.79. The summed E-state index contributed by atoms with van der Waals surface area (Å²) in [7, 11) is 1.24. The lowest BCUT2D eigenvalue weighted by Gasteiger charge is -2.33. The monoisotopic (exact) mass is 608 g/mol. The second kappa shape index (κ2) is 12.1. The largest absolute Gasteiger partial charge is 0.477 e. The molecule has 0 fully saturated rings. The molecule has 3 atom stereocenters. The summed E-state index contributed by atoms with van der Waals surface area (Å²) in [4.78, 5) is 46.9. The summed E-state index contributed by atoms with van der Waals surface area (Å²) in [6, 6.07) is 1.73. The summed E-state index contributed by atoms with van der Waals surface area (Å²) in [5.41, 5.74) is -0.00390. The van der Waals surface area contributed by atoms with Crippen LogP contribution in [-0.4, -0.2) is 67.3 Å². The van der Waals surface area contributed by atoms with Gasteiger partial charge in [0.05, 0.1) is 54.1 Å². The molecule has 42 heavy (non-hydrogen) atoms. The van der Waals surface area contributed by atoms with E-state index in [2.05, 4.69) is 25.1 Å². The number of carboxylic acids is 1. The molecule has 0 radical (unpaired) electrons. The minimum Gasteiger partial charge on any atom is -0.477 e. The zero-order valence-corrected chi connectivity index (χ0v) is 23.8. The zero-order chi connectivity index (χ0) is 30.9. The van der Waals surface area contributed by atoms with Crippen molar-refractivity contribution in [1.29, 1.82) is 0 Å².